The van der Waals surface area contributed by atoms with Crippen molar-refractivity contribution in [1.29, 1.82) is 0 Å². The highest BCUT2D eigenvalue weighted by atomic mass is 32.2. The van der Waals surface area contributed by atoms with Crippen molar-refractivity contribution < 1.29 is 0 Å². The highest BCUT2D eigenvalue weighted by molar-refractivity contribution is 7.99. The van der Waals surface area contributed by atoms with Crippen LogP contribution in [0, 0.1) is 11.8 Å². The van der Waals surface area contributed by atoms with Crippen molar-refractivity contribution in [2.45, 2.75) is 0 Å². The quantitative estimate of drug-likeness (QED) is 0.491. The molecule has 0 aliphatic heterocycles. The van der Waals surface area contributed by atoms with E-state index < -0.39 is 0 Å². The standard InChI is InChI=1S/C16H20N2S/c1-2-6-15(5-1)13-17-9-11-19-12-10-18-14-16-7-3-4-8-16/h1-8,13-16H,9-12H2. The van der Waals surface area contributed by atoms with E-state index in [4.69, 9.17) is 0 Å². The SMILES string of the molecule is C1=CC(C=NCCSCCN=CC2C=CC=C2)C=C1. The third-order valence-corrected chi connectivity index (χ3v) is 3.78. The summed E-state index contributed by atoms with van der Waals surface area (Å²) in [6, 6.07) is 0. The first-order valence-corrected chi connectivity index (χ1v) is 7.88. The summed E-state index contributed by atoms with van der Waals surface area (Å²) in [7, 11) is 0. The fourth-order valence-electron chi connectivity index (χ4n) is 1.83. The van der Waals surface area contributed by atoms with Crippen LogP contribution in [0.4, 0.5) is 0 Å². The normalized spacial score (nSPS) is 18.9. The van der Waals surface area contributed by atoms with Crippen molar-refractivity contribution >= 4 is 24.2 Å². The zero-order valence-corrected chi connectivity index (χ0v) is 11.9. The second kappa shape index (κ2) is 8.70. The van der Waals surface area contributed by atoms with Crippen molar-refractivity contribution in [3.8, 4) is 0 Å². The predicted octanol–water partition coefficient (Wildman–Crippen LogP) is 3.35. The van der Waals surface area contributed by atoms with Gasteiger partial charge in [0.25, 0.3) is 0 Å². The summed E-state index contributed by atoms with van der Waals surface area (Å²) < 4.78 is 0. The molecular formula is C16H20N2S. The monoisotopic (exact) mass is 272 g/mol. The Balaban J connectivity index is 1.44. The van der Waals surface area contributed by atoms with Gasteiger partial charge in [0.15, 0.2) is 0 Å². The van der Waals surface area contributed by atoms with Crippen LogP contribution in [0.15, 0.2) is 58.6 Å². The van der Waals surface area contributed by atoms with Crippen LogP contribution in [-0.4, -0.2) is 37.0 Å². The van der Waals surface area contributed by atoms with Gasteiger partial charge in [0, 0.05) is 48.9 Å². The molecule has 0 atom stereocenters. The summed E-state index contributed by atoms with van der Waals surface area (Å²) >= 11 is 1.92. The zero-order chi connectivity index (χ0) is 13.2. The Kier molecular flexibility index (Phi) is 6.44. The van der Waals surface area contributed by atoms with E-state index in [0.717, 1.165) is 24.6 Å². The first kappa shape index (κ1) is 14.1. The zero-order valence-electron chi connectivity index (χ0n) is 11.1. The third kappa shape index (κ3) is 5.88. The molecule has 0 bridgehead atoms. The van der Waals surface area contributed by atoms with E-state index in [1.165, 1.54) is 0 Å². The highest BCUT2D eigenvalue weighted by Gasteiger charge is 1.98. The lowest BCUT2D eigenvalue weighted by Crippen LogP contribution is -1.96. The number of aliphatic imine (C=N–C) groups is 2. The van der Waals surface area contributed by atoms with Crippen molar-refractivity contribution in [2.24, 2.45) is 21.8 Å². The van der Waals surface area contributed by atoms with Gasteiger partial charge >= 0.3 is 0 Å². The largest absolute Gasteiger partial charge is 0.296 e. The van der Waals surface area contributed by atoms with Gasteiger partial charge in [0.05, 0.1) is 0 Å². The number of allylic oxidation sites excluding steroid dienone is 8. The Morgan fingerprint density at radius 2 is 1.16 bits per heavy atom. The van der Waals surface area contributed by atoms with Crippen molar-refractivity contribution in [3.63, 3.8) is 0 Å². The lowest BCUT2D eigenvalue weighted by molar-refractivity contribution is 1.08. The molecule has 0 N–H and O–H groups in total. The van der Waals surface area contributed by atoms with Crippen LogP contribution >= 0.6 is 11.8 Å². The van der Waals surface area contributed by atoms with Crippen LogP contribution in [0.25, 0.3) is 0 Å². The van der Waals surface area contributed by atoms with E-state index in [1.54, 1.807) is 0 Å². The lowest BCUT2D eigenvalue weighted by atomic mass is 10.2. The Bertz CT molecular complexity index is 366. The molecule has 19 heavy (non-hydrogen) atoms. The number of thioether (sulfide) groups is 1. The van der Waals surface area contributed by atoms with Gasteiger partial charge < -0.3 is 0 Å². The topological polar surface area (TPSA) is 24.7 Å². The minimum absolute atomic E-state index is 0.419. The maximum absolute atomic E-state index is 4.43. The van der Waals surface area contributed by atoms with Gasteiger partial charge in [-0.15, -0.1) is 0 Å². The maximum Gasteiger partial charge on any atom is 0.0476 e. The molecule has 0 spiro atoms. The summed E-state index contributed by atoms with van der Waals surface area (Å²) in [6.07, 6.45) is 20.9. The molecule has 0 unspecified atom stereocenters. The second-order valence-electron chi connectivity index (χ2n) is 4.42. The molecule has 100 valence electrons. The van der Waals surface area contributed by atoms with E-state index in [1.807, 2.05) is 24.2 Å². The molecular weight excluding hydrogens is 252 g/mol. The van der Waals surface area contributed by atoms with Crippen LogP contribution in [0.5, 0.6) is 0 Å². The molecule has 0 saturated carbocycles. The Morgan fingerprint density at radius 1 is 0.737 bits per heavy atom. The van der Waals surface area contributed by atoms with Gasteiger partial charge in [0.2, 0.25) is 0 Å². The summed E-state index contributed by atoms with van der Waals surface area (Å²) in [5.74, 6) is 2.99. The fourth-order valence-corrected chi connectivity index (χ4v) is 2.50. The average molecular weight is 272 g/mol. The highest BCUT2D eigenvalue weighted by Crippen LogP contribution is 2.07. The van der Waals surface area contributed by atoms with Gasteiger partial charge in [-0.05, 0) is 0 Å². The molecule has 0 aromatic rings. The first-order chi connectivity index (χ1) is 9.45. The van der Waals surface area contributed by atoms with Crippen molar-refractivity contribution in [3.05, 3.63) is 48.6 Å². The van der Waals surface area contributed by atoms with Crippen LogP contribution in [0.1, 0.15) is 0 Å². The van der Waals surface area contributed by atoms with E-state index >= 15 is 0 Å². The summed E-state index contributed by atoms with van der Waals surface area (Å²) in [6.45, 7) is 1.81. The predicted molar refractivity (Wildman–Crippen MR) is 87.6 cm³/mol. The fraction of sp³-hybridized carbons (Fsp3) is 0.375. The molecule has 0 aromatic heterocycles. The van der Waals surface area contributed by atoms with Crippen molar-refractivity contribution in [1.82, 2.24) is 0 Å². The molecule has 0 fully saturated rings. The van der Waals surface area contributed by atoms with Gasteiger partial charge in [-0.1, -0.05) is 48.6 Å². The van der Waals surface area contributed by atoms with Gasteiger partial charge in [-0.3, -0.25) is 9.98 Å². The number of nitrogens with zero attached hydrogens (tertiary/aromatic N) is 2. The Labute approximate surface area is 119 Å². The molecule has 0 aromatic carbocycles. The molecule has 2 nitrogen and oxygen atoms in total. The number of hydrogen-bond acceptors (Lipinski definition) is 3. The molecule has 2 aliphatic rings. The summed E-state index contributed by atoms with van der Waals surface area (Å²) in [5, 5.41) is 0. The third-order valence-electron chi connectivity index (χ3n) is 2.84. The van der Waals surface area contributed by atoms with E-state index in [2.05, 4.69) is 58.6 Å². The Hall–Kier alpha value is -1.35. The Morgan fingerprint density at radius 3 is 1.58 bits per heavy atom. The lowest BCUT2D eigenvalue weighted by Gasteiger charge is -1.98. The maximum atomic E-state index is 4.43. The molecule has 0 saturated heterocycles. The van der Waals surface area contributed by atoms with E-state index in [0.29, 0.717) is 11.8 Å². The summed E-state index contributed by atoms with van der Waals surface area (Å²) in [4.78, 5) is 8.86. The van der Waals surface area contributed by atoms with Gasteiger partial charge in [-0.2, -0.15) is 11.8 Å². The second-order valence-corrected chi connectivity index (χ2v) is 5.64. The summed E-state index contributed by atoms with van der Waals surface area (Å²) in [5.41, 5.74) is 0. The molecule has 3 heteroatoms. The number of hydrogen-bond donors (Lipinski definition) is 0. The van der Waals surface area contributed by atoms with Gasteiger partial charge in [0.1, 0.15) is 0 Å². The number of rotatable bonds is 8. The minimum Gasteiger partial charge on any atom is -0.296 e. The average Bonchev–Trinajstić information content (AvgIpc) is 3.10. The van der Waals surface area contributed by atoms with E-state index in [-0.39, 0.29) is 0 Å². The first-order valence-electron chi connectivity index (χ1n) is 6.73. The van der Waals surface area contributed by atoms with Crippen LogP contribution in [-0.2, 0) is 0 Å². The molecule has 2 aliphatic carbocycles. The van der Waals surface area contributed by atoms with Crippen LogP contribution < -0.4 is 0 Å². The van der Waals surface area contributed by atoms with E-state index in [9.17, 15) is 0 Å². The molecule has 0 heterocycles. The van der Waals surface area contributed by atoms with Gasteiger partial charge in [-0.25, -0.2) is 0 Å². The molecule has 0 radical (unpaired) electrons. The minimum atomic E-state index is 0.419. The van der Waals surface area contributed by atoms with Crippen LogP contribution in [0.3, 0.4) is 0 Å². The van der Waals surface area contributed by atoms with Crippen molar-refractivity contribution in [2.75, 3.05) is 24.6 Å². The molecule has 0 amide bonds. The smallest absolute Gasteiger partial charge is 0.0476 e. The van der Waals surface area contributed by atoms with Crippen LogP contribution in [0.2, 0.25) is 0 Å². The molecule has 2 rings (SSSR count).